The number of nitrogens with one attached hydrogen (secondary N) is 2. The first-order valence-electron chi connectivity index (χ1n) is 8.17. The van der Waals surface area contributed by atoms with Gasteiger partial charge in [0, 0.05) is 18.8 Å². The van der Waals surface area contributed by atoms with E-state index in [-0.39, 0.29) is 44.1 Å². The van der Waals surface area contributed by atoms with Gasteiger partial charge in [-0.3, -0.25) is 14.5 Å². The molecule has 0 saturated carbocycles. The molecule has 0 aliphatic carbocycles. The van der Waals surface area contributed by atoms with Crippen LogP contribution in [0.3, 0.4) is 0 Å². The Morgan fingerprint density at radius 2 is 1.92 bits per heavy atom. The van der Waals surface area contributed by atoms with Crippen LogP contribution in [0, 0.1) is 5.92 Å². The number of anilines is 1. The first-order valence-corrected chi connectivity index (χ1v) is 8.17. The summed E-state index contributed by atoms with van der Waals surface area (Å²) in [4.78, 5) is 37.7. The van der Waals surface area contributed by atoms with Crippen LogP contribution in [-0.4, -0.2) is 60.8 Å². The highest BCUT2D eigenvalue weighted by Gasteiger charge is 2.35. The quantitative estimate of drug-likeness (QED) is 0.481. The molecule has 1 aliphatic heterocycles. The maximum Gasteiger partial charge on any atom is 0.319 e. The molecule has 4 amide bonds. The fourth-order valence-electron chi connectivity index (χ4n) is 2.48. The van der Waals surface area contributed by atoms with Crippen molar-refractivity contribution in [2.24, 2.45) is 5.92 Å². The van der Waals surface area contributed by atoms with Gasteiger partial charge in [0.2, 0.25) is 0 Å². The highest BCUT2D eigenvalue weighted by molar-refractivity contribution is 6.21. The Kier molecular flexibility index (Phi) is 6.49. The summed E-state index contributed by atoms with van der Waals surface area (Å²) in [5, 5.41) is 13.8. The van der Waals surface area contributed by atoms with Crippen LogP contribution >= 0.6 is 0 Å². The van der Waals surface area contributed by atoms with Gasteiger partial charge in [0.25, 0.3) is 11.8 Å². The average Bonchev–Trinajstić information content (AvgIpc) is 2.79. The van der Waals surface area contributed by atoms with Crippen molar-refractivity contribution in [3.8, 4) is 0 Å². The Bertz CT molecular complexity index is 660. The number of imide groups is 1. The zero-order chi connectivity index (χ0) is 18.4. The third kappa shape index (κ3) is 4.77. The van der Waals surface area contributed by atoms with E-state index < -0.39 is 6.03 Å². The molecule has 1 heterocycles. The van der Waals surface area contributed by atoms with E-state index in [9.17, 15) is 14.4 Å². The number of fused-ring (bicyclic) bond motifs is 1. The smallest absolute Gasteiger partial charge is 0.319 e. The largest absolute Gasteiger partial charge is 0.394 e. The molecular formula is C17H23N3O5. The molecular weight excluding hydrogens is 326 g/mol. The van der Waals surface area contributed by atoms with E-state index in [0.717, 1.165) is 0 Å². The minimum Gasteiger partial charge on any atom is -0.394 e. The van der Waals surface area contributed by atoms with Crippen molar-refractivity contribution in [2.75, 3.05) is 38.2 Å². The number of carbonyl (C=O) groups is 3. The maximum atomic E-state index is 12.4. The van der Waals surface area contributed by atoms with Gasteiger partial charge in [-0.05, 0) is 24.1 Å². The number of aliphatic hydroxyl groups excluding tert-OH is 1. The van der Waals surface area contributed by atoms with Crippen molar-refractivity contribution in [2.45, 2.75) is 13.8 Å². The molecule has 0 radical (unpaired) electrons. The van der Waals surface area contributed by atoms with E-state index in [1.165, 1.54) is 11.0 Å². The van der Waals surface area contributed by atoms with Crippen molar-refractivity contribution < 1.29 is 24.2 Å². The lowest BCUT2D eigenvalue weighted by Crippen LogP contribution is -2.33. The van der Waals surface area contributed by atoms with Gasteiger partial charge in [0.15, 0.2) is 0 Å². The number of carbonyl (C=O) groups excluding carboxylic acids is 3. The van der Waals surface area contributed by atoms with Crippen LogP contribution in [0.1, 0.15) is 34.6 Å². The molecule has 8 nitrogen and oxygen atoms in total. The molecule has 8 heteroatoms. The molecule has 0 aromatic heterocycles. The van der Waals surface area contributed by atoms with Crippen LogP contribution in [-0.2, 0) is 4.74 Å². The zero-order valence-corrected chi connectivity index (χ0v) is 14.4. The van der Waals surface area contributed by atoms with Gasteiger partial charge in [0.05, 0.1) is 30.9 Å². The first-order chi connectivity index (χ1) is 11.9. The molecule has 136 valence electrons. The number of ether oxygens (including phenoxy) is 1. The highest BCUT2D eigenvalue weighted by atomic mass is 16.5. The van der Waals surface area contributed by atoms with Crippen molar-refractivity contribution in [3.05, 3.63) is 29.3 Å². The van der Waals surface area contributed by atoms with Crippen LogP contribution in [0.2, 0.25) is 0 Å². The Morgan fingerprint density at radius 3 is 2.60 bits per heavy atom. The Morgan fingerprint density at radius 1 is 1.20 bits per heavy atom. The number of urea groups is 1. The van der Waals surface area contributed by atoms with Crippen molar-refractivity contribution in [3.63, 3.8) is 0 Å². The van der Waals surface area contributed by atoms with Crippen LogP contribution in [0.4, 0.5) is 10.5 Å². The van der Waals surface area contributed by atoms with E-state index >= 15 is 0 Å². The lowest BCUT2D eigenvalue weighted by atomic mass is 10.1. The molecule has 1 aromatic rings. The molecule has 0 saturated heterocycles. The maximum absolute atomic E-state index is 12.4. The molecule has 0 unspecified atom stereocenters. The number of aliphatic hydroxyl groups is 1. The second-order valence-electron chi connectivity index (χ2n) is 6.09. The van der Waals surface area contributed by atoms with E-state index in [4.69, 9.17) is 9.84 Å². The van der Waals surface area contributed by atoms with E-state index in [1.54, 1.807) is 12.1 Å². The second-order valence-corrected chi connectivity index (χ2v) is 6.09. The van der Waals surface area contributed by atoms with E-state index in [0.29, 0.717) is 23.4 Å². The molecule has 1 aromatic carbocycles. The fraction of sp³-hybridized carbons (Fsp3) is 0.471. The standard InChI is InChI=1S/C17H23N3O5/c1-11(2)10-20-15(22)13-4-3-12(9-14(13)16(20)23)19-17(24)18-5-7-25-8-6-21/h3-4,9,11,21H,5-8,10H2,1-2H3,(H2,18,19,24). The highest BCUT2D eigenvalue weighted by Crippen LogP contribution is 2.26. The molecule has 0 fully saturated rings. The molecule has 0 bridgehead atoms. The molecule has 0 atom stereocenters. The molecule has 25 heavy (non-hydrogen) atoms. The monoisotopic (exact) mass is 349 g/mol. The Hall–Kier alpha value is -2.45. The predicted octanol–water partition coefficient (Wildman–Crippen LogP) is 1.07. The number of rotatable bonds is 8. The van der Waals surface area contributed by atoms with Gasteiger partial charge >= 0.3 is 6.03 Å². The number of amides is 4. The molecule has 1 aliphatic rings. The van der Waals surface area contributed by atoms with Gasteiger partial charge in [-0.2, -0.15) is 0 Å². The van der Waals surface area contributed by atoms with Crippen LogP contribution in [0.15, 0.2) is 18.2 Å². The van der Waals surface area contributed by atoms with E-state index in [2.05, 4.69) is 10.6 Å². The average molecular weight is 349 g/mol. The lowest BCUT2D eigenvalue weighted by Gasteiger charge is -2.15. The second kappa shape index (κ2) is 8.59. The third-order valence-electron chi connectivity index (χ3n) is 3.54. The summed E-state index contributed by atoms with van der Waals surface area (Å²) in [6.07, 6.45) is 0. The van der Waals surface area contributed by atoms with Gasteiger partial charge < -0.3 is 20.5 Å². The number of nitrogens with zero attached hydrogens (tertiary/aromatic N) is 1. The molecule has 3 N–H and O–H groups in total. The molecule has 2 rings (SSSR count). The minimum absolute atomic E-state index is 0.0676. The van der Waals surface area contributed by atoms with Crippen molar-refractivity contribution in [1.29, 1.82) is 0 Å². The van der Waals surface area contributed by atoms with Gasteiger partial charge in [-0.15, -0.1) is 0 Å². The van der Waals surface area contributed by atoms with Crippen molar-refractivity contribution in [1.82, 2.24) is 10.2 Å². The lowest BCUT2D eigenvalue weighted by molar-refractivity contribution is 0.0636. The van der Waals surface area contributed by atoms with Crippen LogP contribution in [0.25, 0.3) is 0 Å². The van der Waals surface area contributed by atoms with Gasteiger partial charge in [-0.25, -0.2) is 4.79 Å². The van der Waals surface area contributed by atoms with E-state index in [1.807, 2.05) is 13.8 Å². The summed E-state index contributed by atoms with van der Waals surface area (Å²) in [6, 6.07) is 4.21. The number of hydrogen-bond donors (Lipinski definition) is 3. The number of hydrogen-bond acceptors (Lipinski definition) is 5. The van der Waals surface area contributed by atoms with Crippen LogP contribution < -0.4 is 10.6 Å². The summed E-state index contributed by atoms with van der Waals surface area (Å²) in [5.41, 5.74) is 1.09. The van der Waals surface area contributed by atoms with Gasteiger partial charge in [-0.1, -0.05) is 13.8 Å². The summed E-state index contributed by atoms with van der Waals surface area (Å²) in [5.74, 6) is -0.459. The zero-order valence-electron chi connectivity index (χ0n) is 14.4. The summed E-state index contributed by atoms with van der Waals surface area (Å²) < 4.78 is 5.03. The predicted molar refractivity (Wildman–Crippen MR) is 91.6 cm³/mol. The molecule has 0 spiro atoms. The topological polar surface area (TPSA) is 108 Å². The Labute approximate surface area is 146 Å². The van der Waals surface area contributed by atoms with Crippen LogP contribution in [0.5, 0.6) is 0 Å². The SMILES string of the molecule is CC(C)CN1C(=O)c2ccc(NC(=O)NCCOCCO)cc2C1=O. The Balaban J connectivity index is 1.96. The van der Waals surface area contributed by atoms with Gasteiger partial charge in [0.1, 0.15) is 0 Å². The minimum atomic E-state index is -0.441. The summed E-state index contributed by atoms with van der Waals surface area (Å²) >= 11 is 0. The van der Waals surface area contributed by atoms with Crippen molar-refractivity contribution >= 4 is 23.5 Å². The summed E-state index contributed by atoms with van der Waals surface area (Å²) in [7, 11) is 0. The fourth-order valence-corrected chi connectivity index (χ4v) is 2.48. The number of benzene rings is 1. The third-order valence-corrected chi connectivity index (χ3v) is 3.54. The first kappa shape index (κ1) is 18.9. The normalized spacial score (nSPS) is 13.4. The summed E-state index contributed by atoms with van der Waals surface area (Å²) in [6.45, 7) is 4.96.